The zero-order valence-corrected chi connectivity index (χ0v) is 22.2. The zero-order valence-electron chi connectivity index (χ0n) is 22.2. The Morgan fingerprint density at radius 2 is 1.55 bits per heavy atom. The molecule has 5 saturated carbocycles. The van der Waals surface area contributed by atoms with Crippen LogP contribution in [-0.4, -0.2) is 28.2 Å². The van der Waals surface area contributed by atoms with Crippen LogP contribution in [0.15, 0.2) is 11.6 Å². The first-order chi connectivity index (χ1) is 15.3. The number of carbonyl (C=O) groups excluding carboxylic acids is 1. The van der Waals surface area contributed by atoms with Gasteiger partial charge in [-0.15, -0.1) is 0 Å². The van der Waals surface area contributed by atoms with Gasteiger partial charge in [0.1, 0.15) is 5.78 Å². The van der Waals surface area contributed by atoms with Crippen molar-refractivity contribution in [3.8, 4) is 0 Å². The highest BCUT2D eigenvalue weighted by Crippen LogP contribution is 2.88. The summed E-state index contributed by atoms with van der Waals surface area (Å²) in [6.07, 6.45) is 11.1. The van der Waals surface area contributed by atoms with Crippen LogP contribution in [0, 0.1) is 50.7 Å². The summed E-state index contributed by atoms with van der Waals surface area (Å²) in [7, 11) is 0. The van der Waals surface area contributed by atoms with Gasteiger partial charge >= 0.3 is 0 Å². The molecular formula is C30H48O3. The SMILES string of the molecule is CC(C)=C[C@H](O)[C@@H](O)[C@@H](C)[C@H]1CC[C@@]2(C)[C@@H]3CC[C@H]4C(C)(C)C(=O)CC[C@@]45C[C@@]35CC[C@]12C. The Hall–Kier alpha value is -0.670. The quantitative estimate of drug-likeness (QED) is 0.487. The fourth-order valence-electron chi connectivity index (χ4n) is 11.0. The first kappa shape index (κ1) is 24.0. The molecule has 2 spiro atoms. The van der Waals surface area contributed by atoms with Gasteiger partial charge in [0.15, 0.2) is 0 Å². The van der Waals surface area contributed by atoms with Crippen molar-refractivity contribution in [3.63, 3.8) is 0 Å². The van der Waals surface area contributed by atoms with Crippen molar-refractivity contribution < 1.29 is 15.0 Å². The number of hydrogen-bond acceptors (Lipinski definition) is 3. The summed E-state index contributed by atoms with van der Waals surface area (Å²) in [5.41, 5.74) is 2.30. The Morgan fingerprint density at radius 3 is 2.21 bits per heavy atom. The lowest BCUT2D eigenvalue weighted by atomic mass is 9.42. The number of carbonyl (C=O) groups is 1. The van der Waals surface area contributed by atoms with Crippen LogP contribution < -0.4 is 0 Å². The number of Topliss-reactive ketones (excluding diaryl/α,β-unsaturated/α-hetero) is 1. The van der Waals surface area contributed by atoms with E-state index in [4.69, 9.17) is 0 Å². The summed E-state index contributed by atoms with van der Waals surface area (Å²) in [4.78, 5) is 12.8. The second-order valence-corrected chi connectivity index (χ2v) is 14.4. The van der Waals surface area contributed by atoms with Gasteiger partial charge in [-0.3, -0.25) is 4.79 Å². The number of aliphatic hydroxyl groups is 2. The molecule has 2 N–H and O–H groups in total. The van der Waals surface area contributed by atoms with Gasteiger partial charge in [0.25, 0.3) is 0 Å². The average molecular weight is 457 g/mol. The van der Waals surface area contributed by atoms with E-state index < -0.39 is 12.2 Å². The maximum Gasteiger partial charge on any atom is 0.138 e. The third kappa shape index (κ3) is 2.85. The number of fused-ring (bicyclic) bond motifs is 2. The van der Waals surface area contributed by atoms with E-state index >= 15 is 0 Å². The molecule has 186 valence electrons. The maximum absolute atomic E-state index is 12.8. The molecule has 3 heteroatoms. The van der Waals surface area contributed by atoms with E-state index in [-0.39, 0.29) is 16.7 Å². The molecule has 0 aromatic rings. The summed E-state index contributed by atoms with van der Waals surface area (Å²) in [5, 5.41) is 21.7. The van der Waals surface area contributed by atoms with E-state index in [1.165, 1.54) is 44.9 Å². The van der Waals surface area contributed by atoms with Gasteiger partial charge in [-0.05, 0) is 111 Å². The second kappa shape index (κ2) is 7.19. The molecule has 5 rings (SSSR count). The molecule has 0 heterocycles. The molecular weight excluding hydrogens is 408 g/mol. The van der Waals surface area contributed by atoms with E-state index in [9.17, 15) is 15.0 Å². The van der Waals surface area contributed by atoms with Gasteiger partial charge in [0, 0.05) is 11.8 Å². The average Bonchev–Trinajstić information content (AvgIpc) is 3.32. The molecule has 10 atom stereocenters. The summed E-state index contributed by atoms with van der Waals surface area (Å²) in [6, 6.07) is 0. The normalized spacial score (nSPS) is 50.2. The van der Waals surface area contributed by atoms with Crippen LogP contribution in [0.3, 0.4) is 0 Å². The van der Waals surface area contributed by atoms with E-state index in [1.54, 1.807) is 0 Å². The van der Waals surface area contributed by atoms with Crippen molar-refractivity contribution in [1.82, 2.24) is 0 Å². The van der Waals surface area contributed by atoms with Crippen LogP contribution in [0.4, 0.5) is 0 Å². The molecule has 0 amide bonds. The Balaban J connectivity index is 1.43. The van der Waals surface area contributed by atoms with Crippen LogP contribution in [0.1, 0.15) is 106 Å². The molecule has 0 unspecified atom stereocenters. The van der Waals surface area contributed by atoms with Crippen molar-refractivity contribution in [2.75, 3.05) is 0 Å². The predicted octanol–water partition coefficient (Wildman–Crippen LogP) is 6.32. The Kier molecular flexibility index (Phi) is 5.24. The molecule has 33 heavy (non-hydrogen) atoms. The standard InChI is InChI=1S/C30H48O3/c1-18(2)16-21(31)25(33)19(3)20-10-12-28(7)23-9-8-22-26(4,5)24(32)11-13-29(22)17-30(23,29)15-14-27(20,28)6/h16,19-23,25,31,33H,8-15,17H2,1-7H3/t19-,20+,21-,22-,23-,25-,27+,28-,29+,30-/m0/s1. The van der Waals surface area contributed by atoms with Crippen molar-refractivity contribution >= 4 is 5.78 Å². The Morgan fingerprint density at radius 1 is 0.909 bits per heavy atom. The highest BCUT2D eigenvalue weighted by Gasteiger charge is 2.82. The zero-order chi connectivity index (χ0) is 24.2. The van der Waals surface area contributed by atoms with E-state index in [1.807, 2.05) is 19.9 Å². The molecule has 0 radical (unpaired) electrons. The third-order valence-electron chi connectivity index (χ3n) is 12.9. The van der Waals surface area contributed by atoms with Crippen LogP contribution in [0.2, 0.25) is 0 Å². The van der Waals surface area contributed by atoms with Crippen molar-refractivity contribution in [3.05, 3.63) is 11.6 Å². The lowest BCUT2D eigenvalue weighted by molar-refractivity contribution is -0.159. The lowest BCUT2D eigenvalue weighted by Crippen LogP contribution is -2.57. The van der Waals surface area contributed by atoms with Gasteiger partial charge in [-0.1, -0.05) is 46.3 Å². The van der Waals surface area contributed by atoms with Gasteiger partial charge in [0.2, 0.25) is 0 Å². The summed E-state index contributed by atoms with van der Waals surface area (Å²) in [5.74, 6) is 2.37. The molecule has 0 bridgehead atoms. The molecule has 0 aromatic heterocycles. The molecule has 0 aliphatic heterocycles. The van der Waals surface area contributed by atoms with E-state index in [2.05, 4.69) is 34.6 Å². The third-order valence-corrected chi connectivity index (χ3v) is 12.9. The van der Waals surface area contributed by atoms with Crippen LogP contribution in [-0.2, 0) is 4.79 Å². The minimum Gasteiger partial charge on any atom is -0.390 e. The number of aliphatic hydroxyl groups excluding tert-OH is 2. The number of allylic oxidation sites excluding steroid dienone is 1. The summed E-state index contributed by atoms with van der Waals surface area (Å²) >= 11 is 0. The van der Waals surface area contributed by atoms with Crippen LogP contribution in [0.25, 0.3) is 0 Å². The minimum atomic E-state index is -0.778. The molecule has 5 fully saturated rings. The first-order valence-electron chi connectivity index (χ1n) is 13.8. The van der Waals surface area contributed by atoms with Gasteiger partial charge in [-0.2, -0.15) is 0 Å². The van der Waals surface area contributed by atoms with Gasteiger partial charge in [0.05, 0.1) is 12.2 Å². The smallest absolute Gasteiger partial charge is 0.138 e. The maximum atomic E-state index is 12.8. The topological polar surface area (TPSA) is 57.5 Å². The highest BCUT2D eigenvalue weighted by atomic mass is 16.3. The van der Waals surface area contributed by atoms with E-state index in [0.29, 0.717) is 33.9 Å². The molecule has 5 aliphatic rings. The monoisotopic (exact) mass is 456 g/mol. The van der Waals surface area contributed by atoms with Gasteiger partial charge < -0.3 is 10.2 Å². The number of ketones is 1. The van der Waals surface area contributed by atoms with Crippen molar-refractivity contribution in [2.24, 2.45) is 50.7 Å². The largest absolute Gasteiger partial charge is 0.390 e. The summed E-state index contributed by atoms with van der Waals surface area (Å²) in [6.45, 7) is 15.8. The molecule has 0 saturated heterocycles. The van der Waals surface area contributed by atoms with Crippen LogP contribution >= 0.6 is 0 Å². The number of hydrogen-bond donors (Lipinski definition) is 2. The number of rotatable bonds is 4. The second-order valence-electron chi connectivity index (χ2n) is 14.4. The van der Waals surface area contributed by atoms with Crippen molar-refractivity contribution in [1.29, 1.82) is 0 Å². The van der Waals surface area contributed by atoms with Gasteiger partial charge in [-0.25, -0.2) is 0 Å². The summed E-state index contributed by atoms with van der Waals surface area (Å²) < 4.78 is 0. The lowest BCUT2D eigenvalue weighted by Gasteiger charge is -2.62. The fraction of sp³-hybridized carbons (Fsp3) is 0.900. The Labute approximate surface area is 201 Å². The highest BCUT2D eigenvalue weighted by molar-refractivity contribution is 5.86. The molecule has 3 nitrogen and oxygen atoms in total. The predicted molar refractivity (Wildman–Crippen MR) is 132 cm³/mol. The molecule has 5 aliphatic carbocycles. The van der Waals surface area contributed by atoms with Crippen molar-refractivity contribution in [2.45, 2.75) is 118 Å². The Bertz CT molecular complexity index is 870. The first-order valence-corrected chi connectivity index (χ1v) is 13.8. The van der Waals surface area contributed by atoms with E-state index in [0.717, 1.165) is 24.3 Å². The fourth-order valence-corrected chi connectivity index (χ4v) is 11.0. The minimum absolute atomic E-state index is 0.0900. The van der Waals surface area contributed by atoms with Crippen LogP contribution in [0.5, 0.6) is 0 Å². The molecule has 0 aromatic carbocycles.